The van der Waals surface area contributed by atoms with E-state index < -0.39 is 11.8 Å². The molecule has 8 heteroatoms. The van der Waals surface area contributed by atoms with Gasteiger partial charge in [-0.2, -0.15) is 0 Å². The Hall–Kier alpha value is -1.44. The van der Waals surface area contributed by atoms with Crippen LogP contribution in [0.5, 0.6) is 0 Å². The number of hydrogen-bond donors (Lipinski definition) is 2. The van der Waals surface area contributed by atoms with Crippen molar-refractivity contribution in [1.82, 2.24) is 4.57 Å². The van der Waals surface area contributed by atoms with Gasteiger partial charge in [0, 0.05) is 0 Å². The molecule has 1 aromatic carbocycles. The fourth-order valence-electron chi connectivity index (χ4n) is 1.41. The molecule has 0 amide bonds. The first kappa shape index (κ1) is 13.0. The Morgan fingerprint density at radius 3 is 2.72 bits per heavy atom. The zero-order valence-corrected chi connectivity index (χ0v) is 11.1. The molecule has 2 rings (SSSR count). The average Bonchev–Trinajstić information content (AvgIpc) is 2.59. The lowest BCUT2D eigenvalue weighted by Crippen LogP contribution is -2.05. The van der Waals surface area contributed by atoms with Crippen molar-refractivity contribution in [2.24, 2.45) is 0 Å². The SMILES string of the molecule is Nc1c(C(=O)O)sc(=S)n1-c1ccc(F)c(Cl)c1. The van der Waals surface area contributed by atoms with E-state index in [4.69, 9.17) is 34.7 Å². The van der Waals surface area contributed by atoms with Crippen LogP contribution in [-0.4, -0.2) is 15.6 Å². The lowest BCUT2D eigenvalue weighted by molar-refractivity contribution is 0.0703. The number of anilines is 1. The van der Waals surface area contributed by atoms with Crippen LogP contribution in [0.2, 0.25) is 5.02 Å². The second kappa shape index (κ2) is 4.68. The number of rotatable bonds is 2. The van der Waals surface area contributed by atoms with Gasteiger partial charge in [0.2, 0.25) is 0 Å². The van der Waals surface area contributed by atoms with Crippen LogP contribution in [0.25, 0.3) is 5.69 Å². The Labute approximate surface area is 115 Å². The minimum atomic E-state index is -1.16. The lowest BCUT2D eigenvalue weighted by atomic mass is 10.3. The van der Waals surface area contributed by atoms with E-state index in [0.29, 0.717) is 5.69 Å². The summed E-state index contributed by atoms with van der Waals surface area (Å²) < 4.78 is 14.7. The maximum Gasteiger partial charge on any atom is 0.349 e. The van der Waals surface area contributed by atoms with Gasteiger partial charge in [-0.05, 0) is 30.4 Å². The quantitative estimate of drug-likeness (QED) is 0.835. The van der Waals surface area contributed by atoms with Gasteiger partial charge >= 0.3 is 5.97 Å². The minimum Gasteiger partial charge on any atom is -0.477 e. The highest BCUT2D eigenvalue weighted by Crippen LogP contribution is 2.28. The van der Waals surface area contributed by atoms with Gasteiger partial charge in [0.25, 0.3) is 0 Å². The number of benzene rings is 1. The van der Waals surface area contributed by atoms with Crippen LogP contribution in [0.3, 0.4) is 0 Å². The highest BCUT2D eigenvalue weighted by Gasteiger charge is 2.17. The van der Waals surface area contributed by atoms with Crippen molar-refractivity contribution < 1.29 is 14.3 Å². The van der Waals surface area contributed by atoms with Crippen molar-refractivity contribution in [3.8, 4) is 5.69 Å². The monoisotopic (exact) mass is 304 g/mol. The molecule has 1 aromatic heterocycles. The molecule has 0 atom stereocenters. The fraction of sp³-hybridized carbons (Fsp3) is 0. The van der Waals surface area contributed by atoms with Crippen LogP contribution in [0, 0.1) is 9.77 Å². The molecule has 0 fully saturated rings. The molecule has 0 unspecified atom stereocenters. The molecular weight excluding hydrogens is 299 g/mol. The van der Waals surface area contributed by atoms with Crippen LogP contribution in [0.15, 0.2) is 18.2 Å². The van der Waals surface area contributed by atoms with E-state index >= 15 is 0 Å². The molecular formula is C10H6ClFN2O2S2. The second-order valence-corrected chi connectivity index (χ2v) is 5.37. The molecule has 0 bridgehead atoms. The summed E-state index contributed by atoms with van der Waals surface area (Å²) in [5.74, 6) is -1.73. The number of carboxylic acid groups (broad SMARTS) is 1. The summed E-state index contributed by atoms with van der Waals surface area (Å²) in [6, 6.07) is 3.92. The Morgan fingerprint density at radius 2 is 2.22 bits per heavy atom. The van der Waals surface area contributed by atoms with Gasteiger partial charge < -0.3 is 10.8 Å². The first-order valence-electron chi connectivity index (χ1n) is 4.62. The number of aromatic carboxylic acids is 1. The molecule has 0 radical (unpaired) electrons. The summed E-state index contributed by atoms with van der Waals surface area (Å²) in [6.07, 6.45) is 0. The van der Waals surface area contributed by atoms with Crippen molar-refractivity contribution in [3.05, 3.63) is 37.9 Å². The molecule has 0 saturated carbocycles. The summed E-state index contributed by atoms with van der Waals surface area (Å²) in [6.45, 7) is 0. The van der Waals surface area contributed by atoms with E-state index in [1.807, 2.05) is 0 Å². The highest BCUT2D eigenvalue weighted by atomic mass is 35.5. The molecule has 2 aromatic rings. The van der Waals surface area contributed by atoms with Crippen molar-refractivity contribution in [2.45, 2.75) is 0 Å². The number of hydrogen-bond acceptors (Lipinski definition) is 4. The third-order valence-corrected chi connectivity index (χ3v) is 3.87. The Bertz CT molecular complexity index is 696. The molecule has 0 spiro atoms. The van der Waals surface area contributed by atoms with E-state index in [1.54, 1.807) is 0 Å². The van der Waals surface area contributed by atoms with Gasteiger partial charge in [-0.1, -0.05) is 22.9 Å². The number of nitrogen functional groups attached to an aromatic ring is 1. The number of aromatic nitrogens is 1. The van der Waals surface area contributed by atoms with E-state index in [9.17, 15) is 9.18 Å². The minimum absolute atomic E-state index is 0.000162. The van der Waals surface area contributed by atoms with Crippen LogP contribution in [0.1, 0.15) is 9.67 Å². The predicted octanol–water partition coefficient (Wildman–Crippen LogP) is 3.34. The molecule has 1 heterocycles. The number of nitrogens with zero attached hydrogens (tertiary/aromatic N) is 1. The Balaban J connectivity index is 2.68. The Kier molecular flexibility index (Phi) is 3.38. The molecule has 0 aliphatic rings. The Morgan fingerprint density at radius 1 is 1.56 bits per heavy atom. The average molecular weight is 305 g/mol. The smallest absolute Gasteiger partial charge is 0.349 e. The fourth-order valence-corrected chi connectivity index (χ4v) is 2.79. The highest BCUT2D eigenvalue weighted by molar-refractivity contribution is 7.73. The molecule has 0 aliphatic heterocycles. The third-order valence-electron chi connectivity index (χ3n) is 2.20. The molecule has 0 saturated heterocycles. The van der Waals surface area contributed by atoms with E-state index in [2.05, 4.69) is 0 Å². The van der Waals surface area contributed by atoms with E-state index in [-0.39, 0.29) is 19.7 Å². The summed E-state index contributed by atoms with van der Waals surface area (Å²) in [5.41, 5.74) is 6.14. The van der Waals surface area contributed by atoms with Crippen LogP contribution >= 0.6 is 35.2 Å². The van der Waals surface area contributed by atoms with Crippen molar-refractivity contribution in [3.63, 3.8) is 0 Å². The molecule has 4 nitrogen and oxygen atoms in total. The number of nitrogens with two attached hydrogens (primary N) is 1. The molecule has 0 aliphatic carbocycles. The van der Waals surface area contributed by atoms with E-state index in [0.717, 1.165) is 17.4 Å². The first-order valence-corrected chi connectivity index (χ1v) is 6.22. The van der Waals surface area contributed by atoms with Gasteiger partial charge in [0.1, 0.15) is 11.6 Å². The maximum atomic E-state index is 13.1. The molecule has 18 heavy (non-hydrogen) atoms. The second-order valence-electron chi connectivity index (χ2n) is 3.32. The zero-order chi connectivity index (χ0) is 13.4. The van der Waals surface area contributed by atoms with Crippen molar-refractivity contribution >= 4 is 46.9 Å². The van der Waals surface area contributed by atoms with Gasteiger partial charge in [-0.15, -0.1) is 0 Å². The number of carboxylic acids is 1. The summed E-state index contributed by atoms with van der Waals surface area (Å²) >= 11 is 11.6. The van der Waals surface area contributed by atoms with Crippen LogP contribution < -0.4 is 5.73 Å². The van der Waals surface area contributed by atoms with E-state index in [1.165, 1.54) is 16.7 Å². The summed E-state index contributed by atoms with van der Waals surface area (Å²) in [4.78, 5) is 10.9. The number of thiazole rings is 1. The van der Waals surface area contributed by atoms with Gasteiger partial charge in [0.15, 0.2) is 8.83 Å². The number of carbonyl (C=O) groups is 1. The standard InChI is InChI=1S/C10H6ClFN2O2S2/c11-5-3-4(1-2-6(5)12)14-8(13)7(9(15)16)18-10(14)17/h1-3H,13H2,(H,15,16). The molecule has 94 valence electrons. The normalized spacial score (nSPS) is 10.6. The first-order chi connectivity index (χ1) is 8.41. The maximum absolute atomic E-state index is 13.1. The van der Waals surface area contributed by atoms with Crippen LogP contribution in [0.4, 0.5) is 10.2 Å². The topological polar surface area (TPSA) is 68.2 Å². The summed E-state index contributed by atoms with van der Waals surface area (Å²) in [7, 11) is 0. The third kappa shape index (κ3) is 2.12. The van der Waals surface area contributed by atoms with Crippen molar-refractivity contribution in [1.29, 1.82) is 0 Å². The van der Waals surface area contributed by atoms with Gasteiger partial charge in [0.05, 0.1) is 10.7 Å². The summed E-state index contributed by atoms with van der Waals surface area (Å²) in [5, 5.41) is 8.85. The largest absolute Gasteiger partial charge is 0.477 e. The lowest BCUT2D eigenvalue weighted by Gasteiger charge is -2.06. The van der Waals surface area contributed by atoms with Gasteiger partial charge in [-0.3, -0.25) is 4.57 Å². The van der Waals surface area contributed by atoms with Crippen molar-refractivity contribution in [2.75, 3.05) is 5.73 Å². The molecule has 3 N–H and O–H groups in total. The van der Waals surface area contributed by atoms with Crippen LogP contribution in [-0.2, 0) is 0 Å². The zero-order valence-electron chi connectivity index (χ0n) is 8.68. The van der Waals surface area contributed by atoms with Gasteiger partial charge in [-0.25, -0.2) is 9.18 Å². The number of halogens is 2. The predicted molar refractivity (Wildman–Crippen MR) is 70.8 cm³/mol.